The van der Waals surface area contributed by atoms with E-state index >= 15 is 0 Å². The van der Waals surface area contributed by atoms with Crippen molar-refractivity contribution in [3.05, 3.63) is 0 Å². The molecule has 2 amide bonds. The number of nitrogens with two attached hydrogens (primary N) is 2. The van der Waals surface area contributed by atoms with Crippen LogP contribution < -0.4 is 20.8 Å². The van der Waals surface area contributed by atoms with Crippen molar-refractivity contribution in [2.24, 2.45) is 0 Å². The van der Waals surface area contributed by atoms with Gasteiger partial charge in [-0.2, -0.15) is 10.5 Å². The van der Waals surface area contributed by atoms with E-state index in [0.717, 1.165) is 13.1 Å². The zero-order valence-corrected chi connectivity index (χ0v) is 21.6. The maximum absolute atomic E-state index is 11.7. The second-order valence-electron chi connectivity index (χ2n) is 9.84. The largest absolute Gasteiger partial charge is 0.543 e. The fourth-order valence-corrected chi connectivity index (χ4v) is 2.90. The Kier molecular flexibility index (Phi) is 13.2. The molecule has 14 nitrogen and oxygen atoms in total. The first-order valence-electron chi connectivity index (χ1n) is 11.4. The molecule has 2 atom stereocenters. The third-order valence-corrected chi connectivity index (χ3v) is 4.40. The van der Waals surface area contributed by atoms with Crippen molar-refractivity contribution in [3.8, 4) is 12.1 Å². The smallest absolute Gasteiger partial charge is 0.411 e. The molecule has 36 heavy (non-hydrogen) atoms. The standard InChI is InChI=1S/2C10H17N3O2.C2H2O4/c2*1-10(2,3)15-9(14)13-5-4-12-7-8(13)6-11;3-1(4)2(5)6/h2*8,12H,4-5,7H2,1-3H3;(H,3,4)(H,5,6). The summed E-state index contributed by atoms with van der Waals surface area (Å²) in [5.74, 6) is -4.37. The van der Waals surface area contributed by atoms with Crippen LogP contribution in [0.1, 0.15) is 41.5 Å². The van der Waals surface area contributed by atoms with Crippen molar-refractivity contribution in [3.63, 3.8) is 0 Å². The molecule has 2 heterocycles. The normalized spacial score (nSPS) is 19.6. The van der Waals surface area contributed by atoms with E-state index in [0.29, 0.717) is 26.2 Å². The number of hydrogen-bond donors (Lipinski definition) is 2. The molecule has 2 saturated heterocycles. The molecule has 0 aromatic rings. The molecular formula is C22H36N6O8. The Balaban J connectivity index is 0.000000558. The summed E-state index contributed by atoms with van der Waals surface area (Å²) in [7, 11) is 0. The Bertz CT molecular complexity index is 783. The highest BCUT2D eigenvalue weighted by molar-refractivity contribution is 6.25. The van der Waals surface area contributed by atoms with Gasteiger partial charge in [-0.1, -0.05) is 0 Å². The summed E-state index contributed by atoms with van der Waals surface area (Å²) in [6.07, 6.45) is -0.774. The summed E-state index contributed by atoms with van der Waals surface area (Å²) >= 11 is 0. The number of nitriles is 2. The van der Waals surface area contributed by atoms with Crippen LogP contribution in [0.5, 0.6) is 0 Å². The average Bonchev–Trinajstić information content (AvgIpc) is 2.77. The maximum atomic E-state index is 11.7. The summed E-state index contributed by atoms with van der Waals surface area (Å²) in [6, 6.07) is 3.49. The van der Waals surface area contributed by atoms with Crippen LogP contribution in [-0.4, -0.2) is 96.5 Å². The van der Waals surface area contributed by atoms with Crippen molar-refractivity contribution in [2.45, 2.75) is 64.8 Å². The highest BCUT2D eigenvalue weighted by Gasteiger charge is 2.33. The number of amides is 2. The molecule has 2 fully saturated rings. The number of aliphatic carboxylic acids is 2. The van der Waals surface area contributed by atoms with Crippen LogP contribution in [0.3, 0.4) is 0 Å². The number of carbonyl (C=O) groups excluding carboxylic acids is 4. The third-order valence-electron chi connectivity index (χ3n) is 4.40. The van der Waals surface area contributed by atoms with E-state index in [-0.39, 0.29) is 24.3 Å². The molecular weight excluding hydrogens is 476 g/mol. The minimum atomic E-state index is -2.19. The van der Waals surface area contributed by atoms with Gasteiger partial charge in [-0.3, -0.25) is 9.80 Å². The third kappa shape index (κ3) is 13.3. The van der Waals surface area contributed by atoms with Crippen molar-refractivity contribution in [1.29, 1.82) is 10.5 Å². The predicted molar refractivity (Wildman–Crippen MR) is 118 cm³/mol. The molecule has 0 spiro atoms. The highest BCUT2D eigenvalue weighted by atomic mass is 16.6. The van der Waals surface area contributed by atoms with E-state index in [1.807, 2.05) is 52.2 Å². The lowest BCUT2D eigenvalue weighted by Crippen LogP contribution is -2.91. The minimum Gasteiger partial charge on any atom is -0.543 e. The number of quaternary nitrogens is 2. The predicted octanol–water partition coefficient (Wildman–Crippen LogP) is -4.13. The number of hydrogen-bond acceptors (Lipinski definition) is 10. The Morgan fingerprint density at radius 3 is 1.28 bits per heavy atom. The van der Waals surface area contributed by atoms with Crippen molar-refractivity contribution < 1.29 is 49.5 Å². The molecule has 2 aliphatic heterocycles. The van der Waals surface area contributed by atoms with Crippen molar-refractivity contribution >= 4 is 24.1 Å². The molecule has 0 aliphatic carbocycles. The lowest BCUT2D eigenvalue weighted by atomic mass is 10.2. The first kappa shape index (κ1) is 32.4. The molecule has 0 saturated carbocycles. The average molecular weight is 513 g/mol. The first-order chi connectivity index (χ1) is 16.5. The summed E-state index contributed by atoms with van der Waals surface area (Å²) < 4.78 is 10.5. The number of carboxylic acid groups (broad SMARTS) is 2. The number of ether oxygens (including phenoxy) is 2. The molecule has 4 N–H and O–H groups in total. The molecule has 0 aromatic heterocycles. The van der Waals surface area contributed by atoms with Gasteiger partial charge >= 0.3 is 12.2 Å². The van der Waals surface area contributed by atoms with Crippen LogP contribution in [0.25, 0.3) is 0 Å². The molecule has 2 unspecified atom stereocenters. The maximum Gasteiger partial charge on any atom is 0.411 e. The lowest BCUT2D eigenvalue weighted by Gasteiger charge is -2.31. The Morgan fingerprint density at radius 2 is 1.06 bits per heavy atom. The SMILES string of the molecule is CC(C)(C)OC(=O)N1CC[NH2+]CC1C#N.CC(C)(C)OC(=O)N1CC[NH2+]CC1C#N.O=C([O-])C(=O)[O-]. The van der Waals surface area contributed by atoms with Gasteiger partial charge in [-0.15, -0.1) is 0 Å². The summed E-state index contributed by atoms with van der Waals surface area (Å²) in [5, 5.41) is 39.7. The van der Waals surface area contributed by atoms with Gasteiger partial charge < -0.3 is 39.9 Å². The Morgan fingerprint density at radius 1 is 0.750 bits per heavy atom. The monoisotopic (exact) mass is 512 g/mol. The highest BCUT2D eigenvalue weighted by Crippen LogP contribution is 2.12. The van der Waals surface area contributed by atoms with E-state index in [2.05, 4.69) is 12.1 Å². The Hall–Kier alpha value is -3.62. The fraction of sp³-hybridized carbons (Fsp3) is 0.727. The van der Waals surface area contributed by atoms with Crippen LogP contribution in [0, 0.1) is 22.7 Å². The first-order valence-corrected chi connectivity index (χ1v) is 11.4. The van der Waals surface area contributed by atoms with E-state index in [9.17, 15) is 9.59 Å². The number of carbonyl (C=O) groups is 4. The van der Waals surface area contributed by atoms with E-state index < -0.39 is 23.1 Å². The number of carboxylic acids is 2. The van der Waals surface area contributed by atoms with Gasteiger partial charge in [0.05, 0.1) is 50.3 Å². The van der Waals surface area contributed by atoms with Crippen molar-refractivity contribution in [2.75, 3.05) is 39.3 Å². The molecule has 0 radical (unpaired) electrons. The van der Waals surface area contributed by atoms with Crippen LogP contribution in [-0.2, 0) is 19.1 Å². The van der Waals surface area contributed by atoms with Gasteiger partial charge in [-0.25, -0.2) is 9.59 Å². The summed E-state index contributed by atoms with van der Waals surface area (Å²) in [4.78, 5) is 44.3. The molecule has 202 valence electrons. The van der Waals surface area contributed by atoms with Gasteiger partial charge in [0.2, 0.25) is 0 Å². The van der Waals surface area contributed by atoms with Gasteiger partial charge in [-0.05, 0) is 41.5 Å². The second kappa shape index (κ2) is 14.7. The molecule has 14 heteroatoms. The second-order valence-corrected chi connectivity index (χ2v) is 9.84. The van der Waals surface area contributed by atoms with Crippen LogP contribution in [0.4, 0.5) is 9.59 Å². The fourth-order valence-electron chi connectivity index (χ4n) is 2.90. The van der Waals surface area contributed by atoms with Gasteiger partial charge in [0.25, 0.3) is 0 Å². The van der Waals surface area contributed by atoms with Crippen molar-refractivity contribution in [1.82, 2.24) is 9.80 Å². The quantitative estimate of drug-likeness (QED) is 0.298. The van der Waals surface area contributed by atoms with Gasteiger partial charge in [0, 0.05) is 0 Å². The Labute approximate surface area is 210 Å². The molecule has 0 bridgehead atoms. The minimum absolute atomic E-state index is 0.367. The van der Waals surface area contributed by atoms with E-state index in [1.54, 1.807) is 0 Å². The summed E-state index contributed by atoms with van der Waals surface area (Å²) in [6.45, 7) is 15.0. The van der Waals surface area contributed by atoms with E-state index in [1.165, 1.54) is 9.80 Å². The van der Waals surface area contributed by atoms with Crippen LogP contribution in [0.2, 0.25) is 0 Å². The van der Waals surface area contributed by atoms with E-state index in [4.69, 9.17) is 39.8 Å². The number of rotatable bonds is 0. The molecule has 0 aromatic carbocycles. The molecule has 2 aliphatic rings. The number of piperazine rings is 2. The topological polar surface area (TPSA) is 220 Å². The van der Waals surface area contributed by atoms with Gasteiger partial charge in [0.1, 0.15) is 24.3 Å². The molecule has 2 rings (SSSR count). The number of nitrogens with zero attached hydrogens (tertiary/aromatic N) is 4. The lowest BCUT2D eigenvalue weighted by molar-refractivity contribution is -0.665. The zero-order valence-electron chi connectivity index (χ0n) is 21.6. The zero-order chi connectivity index (χ0) is 28.1. The van der Waals surface area contributed by atoms with Gasteiger partial charge in [0.15, 0.2) is 12.1 Å². The van der Waals surface area contributed by atoms with Crippen LogP contribution >= 0.6 is 0 Å². The summed E-state index contributed by atoms with van der Waals surface area (Å²) in [5.41, 5.74) is -1.00. The van der Waals surface area contributed by atoms with Crippen LogP contribution in [0.15, 0.2) is 0 Å².